The molecular formula is C21H28BrNO4. The summed E-state index contributed by atoms with van der Waals surface area (Å²) in [7, 11) is 0. The van der Waals surface area contributed by atoms with E-state index in [0.29, 0.717) is 23.1 Å². The van der Waals surface area contributed by atoms with E-state index in [0.717, 1.165) is 28.4 Å². The van der Waals surface area contributed by atoms with E-state index in [1.54, 1.807) is 6.92 Å². The number of hydrogen-bond donors (Lipinski definition) is 2. The first-order valence-electron chi connectivity index (χ1n) is 9.57. The van der Waals surface area contributed by atoms with E-state index in [4.69, 9.17) is 4.74 Å². The minimum Gasteiger partial charge on any atom is -0.481 e. The molecule has 0 aromatic heterocycles. The normalized spacial score (nSPS) is 30.0. The van der Waals surface area contributed by atoms with Crippen molar-refractivity contribution >= 4 is 27.8 Å². The van der Waals surface area contributed by atoms with Gasteiger partial charge in [-0.15, -0.1) is 0 Å². The lowest BCUT2D eigenvalue weighted by Crippen LogP contribution is -2.43. The Balaban J connectivity index is 2.23. The van der Waals surface area contributed by atoms with Crippen molar-refractivity contribution < 1.29 is 19.4 Å². The number of rotatable bonds is 4. The Morgan fingerprint density at radius 1 is 1.48 bits per heavy atom. The van der Waals surface area contributed by atoms with Crippen LogP contribution in [0.4, 0.5) is 0 Å². The summed E-state index contributed by atoms with van der Waals surface area (Å²) < 4.78 is 6.76. The molecule has 1 aliphatic heterocycles. The van der Waals surface area contributed by atoms with Crippen LogP contribution in [0.2, 0.25) is 0 Å². The molecule has 0 spiro atoms. The third-order valence-electron chi connectivity index (χ3n) is 6.26. The molecule has 148 valence electrons. The first kappa shape index (κ1) is 20.2. The Labute approximate surface area is 169 Å². The molecule has 1 fully saturated rings. The maximum absolute atomic E-state index is 12.9. The second-order valence-electron chi connectivity index (χ2n) is 8.68. The zero-order valence-electron chi connectivity index (χ0n) is 16.6. The predicted octanol–water partition coefficient (Wildman–Crippen LogP) is 4.86. The number of amides is 1. The maximum Gasteiger partial charge on any atom is 0.303 e. The van der Waals surface area contributed by atoms with Crippen molar-refractivity contribution in [2.75, 3.05) is 0 Å². The van der Waals surface area contributed by atoms with Gasteiger partial charge in [-0.2, -0.15) is 0 Å². The molecule has 2 N–H and O–H groups in total. The van der Waals surface area contributed by atoms with E-state index >= 15 is 0 Å². The van der Waals surface area contributed by atoms with Crippen LogP contribution in [0.25, 0.3) is 0 Å². The summed E-state index contributed by atoms with van der Waals surface area (Å²) in [6.45, 7) is 10.2. The van der Waals surface area contributed by atoms with Crippen molar-refractivity contribution in [2.24, 2.45) is 17.3 Å². The Morgan fingerprint density at radius 2 is 2.15 bits per heavy atom. The van der Waals surface area contributed by atoms with Crippen LogP contribution in [0.15, 0.2) is 10.5 Å². The largest absolute Gasteiger partial charge is 0.481 e. The molecule has 0 saturated heterocycles. The number of benzene rings is 1. The molecule has 1 aromatic carbocycles. The topological polar surface area (TPSA) is 75.6 Å². The number of carbonyl (C=O) groups excluding carboxylic acids is 1. The minimum atomic E-state index is -0.788. The van der Waals surface area contributed by atoms with E-state index in [-0.39, 0.29) is 18.2 Å². The van der Waals surface area contributed by atoms with E-state index < -0.39 is 17.6 Å². The van der Waals surface area contributed by atoms with Gasteiger partial charge in [0, 0.05) is 0 Å². The maximum atomic E-state index is 12.9. The fraction of sp³-hybridized carbons (Fsp3) is 0.619. The Hall–Kier alpha value is -1.56. The number of hydrogen-bond acceptors (Lipinski definition) is 3. The van der Waals surface area contributed by atoms with Gasteiger partial charge >= 0.3 is 5.97 Å². The van der Waals surface area contributed by atoms with Crippen molar-refractivity contribution in [2.45, 2.75) is 66.0 Å². The number of ether oxygens (including phenoxy) is 1. The zero-order chi connectivity index (χ0) is 20.1. The first-order chi connectivity index (χ1) is 12.5. The van der Waals surface area contributed by atoms with Crippen molar-refractivity contribution in [3.8, 4) is 5.75 Å². The summed E-state index contributed by atoms with van der Waals surface area (Å²) in [5.74, 6) is 0.364. The molecule has 27 heavy (non-hydrogen) atoms. The summed E-state index contributed by atoms with van der Waals surface area (Å²) in [6.07, 6.45) is 1.51. The third kappa shape index (κ3) is 3.48. The van der Waals surface area contributed by atoms with Gasteiger partial charge < -0.3 is 15.2 Å². The van der Waals surface area contributed by atoms with Crippen molar-refractivity contribution in [3.63, 3.8) is 0 Å². The number of halogens is 1. The summed E-state index contributed by atoms with van der Waals surface area (Å²) in [6, 6.07) is 2.05. The number of aliphatic carboxylic acids is 1. The highest BCUT2D eigenvalue weighted by atomic mass is 79.9. The van der Waals surface area contributed by atoms with Gasteiger partial charge in [0.05, 0.1) is 16.5 Å². The highest BCUT2D eigenvalue weighted by Crippen LogP contribution is 2.58. The second kappa shape index (κ2) is 7.12. The smallest absolute Gasteiger partial charge is 0.303 e. The Kier molecular flexibility index (Phi) is 5.32. The Bertz CT molecular complexity index is 791. The average molecular weight is 438 g/mol. The van der Waals surface area contributed by atoms with Gasteiger partial charge in [0.25, 0.3) is 5.91 Å². The molecule has 1 heterocycles. The lowest BCUT2D eigenvalue weighted by Gasteiger charge is -2.38. The molecule has 3 rings (SSSR count). The van der Waals surface area contributed by atoms with Gasteiger partial charge in [-0.25, -0.2) is 0 Å². The number of carboxylic acid groups (broad SMARTS) is 1. The molecule has 5 nitrogen and oxygen atoms in total. The molecule has 0 radical (unpaired) electrons. The molecule has 1 saturated carbocycles. The van der Waals surface area contributed by atoms with Crippen LogP contribution in [0, 0.1) is 24.2 Å². The van der Waals surface area contributed by atoms with Gasteiger partial charge in [0.1, 0.15) is 5.75 Å². The van der Waals surface area contributed by atoms with E-state index in [1.807, 2.05) is 13.0 Å². The van der Waals surface area contributed by atoms with Gasteiger partial charge in [-0.05, 0) is 76.9 Å². The molecule has 2 aliphatic rings. The summed E-state index contributed by atoms with van der Waals surface area (Å²) >= 11 is 3.58. The van der Waals surface area contributed by atoms with Crippen LogP contribution in [-0.4, -0.2) is 23.2 Å². The van der Waals surface area contributed by atoms with Crippen molar-refractivity contribution in [3.05, 3.63) is 27.2 Å². The van der Waals surface area contributed by atoms with Crippen molar-refractivity contribution in [1.29, 1.82) is 0 Å². The molecule has 0 unspecified atom stereocenters. The third-order valence-corrected chi connectivity index (χ3v) is 7.25. The number of carboxylic acids is 1. The molecule has 0 bridgehead atoms. The van der Waals surface area contributed by atoms with Gasteiger partial charge in [0.2, 0.25) is 0 Å². The molecule has 1 aromatic rings. The molecule has 1 aliphatic carbocycles. The van der Waals surface area contributed by atoms with E-state index in [9.17, 15) is 14.7 Å². The Morgan fingerprint density at radius 3 is 2.74 bits per heavy atom. The second-order valence-corrected chi connectivity index (χ2v) is 9.48. The number of aryl methyl sites for hydroxylation is 1. The summed E-state index contributed by atoms with van der Waals surface area (Å²) in [5.41, 5.74) is 2.09. The summed E-state index contributed by atoms with van der Waals surface area (Å²) in [4.78, 5) is 24.5. The standard InChI is InChI=1S/C21H28BrNO4/c1-10(2)13-6-7-21(5,9-15(24)25)17(13)14-8-11(3)18(22)19-16(14)20(26)23-12(4)27-19/h8,10,12-13,17H,6-7,9H2,1-5H3,(H,23,26)(H,24,25)/t12-,13-,17-,21+/m1/s1. The SMILES string of the molecule is Cc1cc([C@H]2[C@@H](C(C)C)CC[C@@]2(C)CC(=O)O)c2c(c1Br)O[C@H](C)NC2=O. The van der Waals surface area contributed by atoms with Crippen LogP contribution in [0.5, 0.6) is 5.75 Å². The van der Waals surface area contributed by atoms with Crippen molar-refractivity contribution in [1.82, 2.24) is 5.32 Å². The lowest BCUT2D eigenvalue weighted by atomic mass is 9.67. The lowest BCUT2D eigenvalue weighted by molar-refractivity contribution is -0.139. The van der Waals surface area contributed by atoms with Crippen LogP contribution < -0.4 is 10.1 Å². The highest BCUT2D eigenvalue weighted by molar-refractivity contribution is 9.10. The van der Waals surface area contributed by atoms with Crippen LogP contribution >= 0.6 is 15.9 Å². The van der Waals surface area contributed by atoms with Crippen LogP contribution in [0.3, 0.4) is 0 Å². The molecule has 4 atom stereocenters. The monoisotopic (exact) mass is 437 g/mol. The fourth-order valence-electron chi connectivity index (χ4n) is 5.05. The number of nitrogens with one attached hydrogen (secondary N) is 1. The fourth-order valence-corrected chi connectivity index (χ4v) is 5.45. The van der Waals surface area contributed by atoms with Crippen LogP contribution in [0.1, 0.15) is 74.4 Å². The molecule has 6 heteroatoms. The van der Waals surface area contributed by atoms with E-state index in [2.05, 4.69) is 42.0 Å². The van der Waals surface area contributed by atoms with E-state index in [1.165, 1.54) is 0 Å². The van der Waals surface area contributed by atoms with Crippen LogP contribution in [-0.2, 0) is 4.79 Å². The number of carbonyl (C=O) groups is 2. The average Bonchev–Trinajstić information content (AvgIpc) is 2.87. The first-order valence-corrected chi connectivity index (χ1v) is 10.4. The summed E-state index contributed by atoms with van der Waals surface area (Å²) in [5, 5.41) is 12.4. The molecule has 1 amide bonds. The quantitative estimate of drug-likeness (QED) is 0.704. The molecular weight excluding hydrogens is 410 g/mol. The highest BCUT2D eigenvalue weighted by Gasteiger charge is 2.50. The van der Waals surface area contributed by atoms with Gasteiger partial charge in [-0.1, -0.05) is 26.8 Å². The predicted molar refractivity (Wildman–Crippen MR) is 107 cm³/mol. The zero-order valence-corrected chi connectivity index (χ0v) is 18.1. The van der Waals surface area contributed by atoms with Gasteiger partial charge in [-0.3, -0.25) is 9.59 Å². The number of fused-ring (bicyclic) bond motifs is 1. The van der Waals surface area contributed by atoms with Gasteiger partial charge in [0.15, 0.2) is 6.23 Å². The minimum absolute atomic E-state index is 0.00286.